The van der Waals surface area contributed by atoms with E-state index in [1.165, 1.54) is 6.20 Å². The van der Waals surface area contributed by atoms with Crippen LogP contribution in [0.3, 0.4) is 0 Å². The van der Waals surface area contributed by atoms with Crippen LogP contribution >= 0.6 is 23.2 Å². The van der Waals surface area contributed by atoms with Crippen LogP contribution in [-0.4, -0.2) is 16.8 Å². The number of hydrogen-bond acceptors (Lipinski definition) is 5. The molecule has 0 unspecified atom stereocenters. The lowest BCUT2D eigenvalue weighted by Gasteiger charge is -2.06. The normalized spacial score (nSPS) is 12.6. The molecule has 0 radical (unpaired) electrons. The zero-order valence-electron chi connectivity index (χ0n) is 8.89. The van der Waals surface area contributed by atoms with Crippen molar-refractivity contribution in [1.82, 2.24) is 9.97 Å². The van der Waals surface area contributed by atoms with E-state index in [4.69, 9.17) is 37.4 Å². The summed E-state index contributed by atoms with van der Waals surface area (Å²) in [5.74, 6) is 2.00. The lowest BCUT2D eigenvalue weighted by Crippen LogP contribution is -1.93. The van der Waals surface area contributed by atoms with E-state index in [2.05, 4.69) is 9.97 Å². The Labute approximate surface area is 112 Å². The first-order valence-corrected chi connectivity index (χ1v) is 5.73. The summed E-state index contributed by atoms with van der Waals surface area (Å²) in [6.07, 6.45) is 1.37. The monoisotopic (exact) mass is 284 g/mol. The zero-order valence-corrected chi connectivity index (χ0v) is 10.4. The second-order valence-corrected chi connectivity index (χ2v) is 4.15. The van der Waals surface area contributed by atoms with Gasteiger partial charge in [-0.2, -0.15) is 4.98 Å². The van der Waals surface area contributed by atoms with Crippen LogP contribution in [0, 0.1) is 0 Å². The molecule has 0 spiro atoms. The summed E-state index contributed by atoms with van der Waals surface area (Å²) in [7, 11) is 0. The van der Waals surface area contributed by atoms with E-state index >= 15 is 0 Å². The first kappa shape index (κ1) is 11.4. The van der Waals surface area contributed by atoms with E-state index < -0.39 is 0 Å². The van der Waals surface area contributed by atoms with Gasteiger partial charge in [-0.3, -0.25) is 0 Å². The Bertz CT molecular complexity index is 607. The molecule has 2 heterocycles. The number of aromatic nitrogens is 2. The van der Waals surface area contributed by atoms with Crippen molar-refractivity contribution in [1.29, 1.82) is 0 Å². The van der Waals surface area contributed by atoms with E-state index in [1.807, 2.05) is 0 Å². The fraction of sp³-hybridized carbons (Fsp3) is 0.0909. The summed E-state index contributed by atoms with van der Waals surface area (Å²) in [5.41, 5.74) is 0. The fourth-order valence-electron chi connectivity index (χ4n) is 1.45. The highest BCUT2D eigenvalue weighted by Crippen LogP contribution is 2.37. The molecule has 0 N–H and O–H groups in total. The second kappa shape index (κ2) is 4.51. The van der Waals surface area contributed by atoms with Crippen LogP contribution in [-0.2, 0) is 0 Å². The minimum absolute atomic E-state index is 0.0649. The lowest BCUT2D eigenvalue weighted by molar-refractivity contribution is 0.174. The summed E-state index contributed by atoms with van der Waals surface area (Å²) >= 11 is 11.6. The van der Waals surface area contributed by atoms with Crippen molar-refractivity contribution >= 4 is 23.2 Å². The summed E-state index contributed by atoms with van der Waals surface area (Å²) in [6, 6.07) is 5.16. The molecule has 0 fully saturated rings. The van der Waals surface area contributed by atoms with Crippen LogP contribution < -0.4 is 14.2 Å². The van der Waals surface area contributed by atoms with Gasteiger partial charge in [0.1, 0.15) is 10.8 Å². The van der Waals surface area contributed by atoms with Gasteiger partial charge in [0.15, 0.2) is 11.5 Å². The molecule has 92 valence electrons. The number of rotatable bonds is 2. The molecule has 7 heteroatoms. The fourth-order valence-corrected chi connectivity index (χ4v) is 1.71. The van der Waals surface area contributed by atoms with Gasteiger partial charge in [0, 0.05) is 6.07 Å². The third-order valence-corrected chi connectivity index (χ3v) is 2.68. The Hall–Kier alpha value is -1.72. The van der Waals surface area contributed by atoms with E-state index in [0.717, 1.165) is 0 Å². The molecule has 0 atom stereocenters. The van der Waals surface area contributed by atoms with Gasteiger partial charge in [0.05, 0.1) is 6.20 Å². The van der Waals surface area contributed by atoms with Gasteiger partial charge in [-0.1, -0.05) is 11.6 Å². The van der Waals surface area contributed by atoms with Gasteiger partial charge in [0.25, 0.3) is 0 Å². The molecular formula is C11H6Cl2N2O3. The maximum Gasteiger partial charge on any atom is 0.242 e. The van der Waals surface area contributed by atoms with Crippen LogP contribution in [0.5, 0.6) is 23.1 Å². The van der Waals surface area contributed by atoms with E-state index in [9.17, 15) is 0 Å². The third-order valence-electron chi connectivity index (χ3n) is 2.24. The van der Waals surface area contributed by atoms with E-state index in [0.29, 0.717) is 17.2 Å². The molecule has 18 heavy (non-hydrogen) atoms. The number of fused-ring (bicyclic) bond motifs is 1. The summed E-state index contributed by atoms with van der Waals surface area (Å²) in [5, 5.41) is 0.340. The molecule has 1 aromatic heterocycles. The van der Waals surface area contributed by atoms with Gasteiger partial charge in [-0.05, 0) is 23.7 Å². The molecule has 1 aliphatic rings. The Morgan fingerprint density at radius 1 is 1.17 bits per heavy atom. The molecule has 1 aromatic carbocycles. The first-order chi connectivity index (χ1) is 8.72. The maximum absolute atomic E-state index is 5.90. The van der Waals surface area contributed by atoms with Crippen molar-refractivity contribution in [2.24, 2.45) is 0 Å². The largest absolute Gasteiger partial charge is 0.454 e. The number of benzene rings is 1. The second-order valence-electron chi connectivity index (χ2n) is 3.41. The van der Waals surface area contributed by atoms with E-state index in [-0.39, 0.29) is 23.0 Å². The minimum atomic E-state index is 0.0649. The molecule has 2 aromatic rings. The summed E-state index contributed by atoms with van der Waals surface area (Å²) < 4.78 is 15.9. The lowest BCUT2D eigenvalue weighted by atomic mass is 10.3. The van der Waals surface area contributed by atoms with Gasteiger partial charge >= 0.3 is 0 Å². The van der Waals surface area contributed by atoms with Crippen molar-refractivity contribution < 1.29 is 14.2 Å². The van der Waals surface area contributed by atoms with Crippen LogP contribution in [0.4, 0.5) is 0 Å². The predicted octanol–water partition coefficient (Wildman–Crippen LogP) is 3.30. The van der Waals surface area contributed by atoms with Crippen LogP contribution in [0.15, 0.2) is 24.4 Å². The standard InChI is InChI=1S/C11H6Cl2N2O3/c12-7-4-14-11(13)15-10(7)18-6-1-2-8-9(3-6)17-5-16-8/h1-4H,5H2. The summed E-state index contributed by atoms with van der Waals surface area (Å²) in [4.78, 5) is 7.63. The third kappa shape index (κ3) is 2.14. The number of hydrogen-bond donors (Lipinski definition) is 0. The maximum atomic E-state index is 5.90. The smallest absolute Gasteiger partial charge is 0.242 e. The Balaban J connectivity index is 1.90. The highest BCUT2D eigenvalue weighted by molar-refractivity contribution is 6.32. The van der Waals surface area contributed by atoms with Gasteiger partial charge < -0.3 is 14.2 Å². The van der Waals surface area contributed by atoms with Crippen molar-refractivity contribution in [2.75, 3.05) is 6.79 Å². The molecule has 0 saturated carbocycles. The van der Waals surface area contributed by atoms with Crippen molar-refractivity contribution in [3.63, 3.8) is 0 Å². The van der Waals surface area contributed by atoms with Crippen molar-refractivity contribution in [3.05, 3.63) is 34.7 Å². The highest BCUT2D eigenvalue weighted by Gasteiger charge is 2.15. The SMILES string of the molecule is Clc1ncc(Cl)c(Oc2ccc3c(c2)OCO3)n1. The average molecular weight is 285 g/mol. The molecule has 1 aliphatic heterocycles. The molecular weight excluding hydrogens is 279 g/mol. The van der Waals surface area contributed by atoms with Crippen LogP contribution in [0.2, 0.25) is 10.3 Å². The molecule has 0 amide bonds. The quantitative estimate of drug-likeness (QED) is 0.792. The van der Waals surface area contributed by atoms with Crippen LogP contribution in [0.1, 0.15) is 0 Å². The topological polar surface area (TPSA) is 53.5 Å². The van der Waals surface area contributed by atoms with Crippen molar-refractivity contribution in [3.8, 4) is 23.1 Å². The van der Waals surface area contributed by atoms with Crippen molar-refractivity contribution in [2.45, 2.75) is 0 Å². The van der Waals surface area contributed by atoms with Crippen LogP contribution in [0.25, 0.3) is 0 Å². The highest BCUT2D eigenvalue weighted by atomic mass is 35.5. The predicted molar refractivity (Wildman–Crippen MR) is 64.7 cm³/mol. The first-order valence-electron chi connectivity index (χ1n) is 4.98. The molecule has 3 rings (SSSR count). The minimum Gasteiger partial charge on any atom is -0.454 e. The Morgan fingerprint density at radius 3 is 2.89 bits per heavy atom. The zero-order chi connectivity index (χ0) is 12.5. The molecule has 0 saturated heterocycles. The van der Waals surface area contributed by atoms with Gasteiger partial charge in [0.2, 0.25) is 18.0 Å². The number of nitrogens with zero attached hydrogens (tertiary/aromatic N) is 2. The number of ether oxygens (including phenoxy) is 3. The molecule has 0 bridgehead atoms. The van der Waals surface area contributed by atoms with E-state index in [1.54, 1.807) is 18.2 Å². The Morgan fingerprint density at radius 2 is 2.00 bits per heavy atom. The van der Waals surface area contributed by atoms with Gasteiger partial charge in [-0.25, -0.2) is 4.98 Å². The molecule has 5 nitrogen and oxygen atoms in total. The molecule has 0 aliphatic carbocycles. The Kier molecular flexibility index (Phi) is 2.85. The summed E-state index contributed by atoms with van der Waals surface area (Å²) in [6.45, 7) is 0.207. The van der Waals surface area contributed by atoms with Gasteiger partial charge in [-0.15, -0.1) is 0 Å². The average Bonchev–Trinajstić information content (AvgIpc) is 2.81. The number of halogens is 2.